The van der Waals surface area contributed by atoms with Crippen molar-refractivity contribution in [1.82, 2.24) is 9.31 Å². The number of carbonyl (C=O) groups excluding carboxylic acids is 2. The van der Waals surface area contributed by atoms with Crippen molar-refractivity contribution in [2.24, 2.45) is 5.10 Å². The standard InChI is InChI=1S/C30H31N3O6S/c1-38-25-14-10-23(11-15-25)28-20-27(22-8-4-2-5-9-22)31-33(28)29(34)21-39-30(35)24-12-16-26(17-13-24)40(36,37)32-18-6-3-7-19-32/h2,4-5,8-17,28H,3,6-7,18-21H2,1H3. The van der Waals surface area contributed by atoms with Gasteiger partial charge in [-0.05, 0) is 60.4 Å². The molecule has 0 radical (unpaired) electrons. The molecule has 0 aliphatic carbocycles. The van der Waals surface area contributed by atoms with Gasteiger partial charge in [0.25, 0.3) is 5.91 Å². The van der Waals surface area contributed by atoms with Gasteiger partial charge in [-0.1, -0.05) is 48.9 Å². The Kier molecular flexibility index (Phi) is 8.27. The molecule has 1 saturated heterocycles. The fourth-order valence-electron chi connectivity index (χ4n) is 4.93. The molecule has 1 fully saturated rings. The molecule has 1 amide bonds. The molecule has 10 heteroatoms. The summed E-state index contributed by atoms with van der Waals surface area (Å²) in [5, 5.41) is 5.97. The van der Waals surface area contributed by atoms with Crippen LogP contribution in [0, 0.1) is 0 Å². The molecule has 0 aromatic heterocycles. The highest BCUT2D eigenvalue weighted by molar-refractivity contribution is 7.89. The van der Waals surface area contributed by atoms with Crippen molar-refractivity contribution in [2.75, 3.05) is 26.8 Å². The van der Waals surface area contributed by atoms with Gasteiger partial charge in [-0.2, -0.15) is 9.41 Å². The molecule has 5 rings (SSSR count). The summed E-state index contributed by atoms with van der Waals surface area (Å²) in [7, 11) is -2.02. The molecule has 3 aromatic carbocycles. The maximum absolute atomic E-state index is 13.3. The van der Waals surface area contributed by atoms with Crippen LogP contribution in [0.5, 0.6) is 5.75 Å². The van der Waals surface area contributed by atoms with E-state index in [0.29, 0.717) is 25.3 Å². The highest BCUT2D eigenvalue weighted by atomic mass is 32.2. The van der Waals surface area contributed by atoms with Crippen molar-refractivity contribution in [3.63, 3.8) is 0 Å². The number of hydrogen-bond donors (Lipinski definition) is 0. The Hall–Kier alpha value is -4.02. The van der Waals surface area contributed by atoms with Gasteiger partial charge in [-0.3, -0.25) is 4.79 Å². The lowest BCUT2D eigenvalue weighted by atomic mass is 9.98. The minimum atomic E-state index is -3.61. The molecule has 9 nitrogen and oxygen atoms in total. The lowest BCUT2D eigenvalue weighted by Gasteiger charge is -2.25. The summed E-state index contributed by atoms with van der Waals surface area (Å²) in [6.45, 7) is 0.484. The van der Waals surface area contributed by atoms with E-state index in [4.69, 9.17) is 9.47 Å². The van der Waals surface area contributed by atoms with Gasteiger partial charge >= 0.3 is 5.97 Å². The van der Waals surface area contributed by atoms with Crippen LogP contribution in [-0.2, 0) is 19.6 Å². The van der Waals surface area contributed by atoms with E-state index < -0.39 is 28.5 Å². The number of piperidine rings is 1. The number of carbonyl (C=O) groups is 2. The second-order valence-corrected chi connectivity index (χ2v) is 11.6. The van der Waals surface area contributed by atoms with Crippen molar-refractivity contribution < 1.29 is 27.5 Å². The molecular formula is C30H31N3O6S. The smallest absolute Gasteiger partial charge is 0.338 e. The second-order valence-electron chi connectivity index (χ2n) is 9.71. The third-order valence-corrected chi connectivity index (χ3v) is 9.06. The minimum absolute atomic E-state index is 0.129. The molecule has 1 unspecified atom stereocenters. The average Bonchev–Trinajstić information content (AvgIpc) is 3.46. The summed E-state index contributed by atoms with van der Waals surface area (Å²) < 4.78 is 37.8. The number of esters is 1. The maximum atomic E-state index is 13.3. The van der Waals surface area contributed by atoms with Crippen LogP contribution in [0.4, 0.5) is 0 Å². The van der Waals surface area contributed by atoms with E-state index in [2.05, 4.69) is 5.10 Å². The van der Waals surface area contributed by atoms with Crippen molar-refractivity contribution in [3.8, 4) is 5.75 Å². The predicted molar refractivity (Wildman–Crippen MR) is 150 cm³/mol. The van der Waals surface area contributed by atoms with Gasteiger partial charge in [-0.15, -0.1) is 0 Å². The van der Waals surface area contributed by atoms with Crippen LogP contribution in [0.15, 0.2) is 88.9 Å². The van der Waals surface area contributed by atoms with Crippen LogP contribution < -0.4 is 4.74 Å². The summed E-state index contributed by atoms with van der Waals surface area (Å²) in [4.78, 5) is 26.1. The zero-order valence-electron chi connectivity index (χ0n) is 22.2. The second kappa shape index (κ2) is 12.0. The molecule has 3 aromatic rings. The van der Waals surface area contributed by atoms with Crippen LogP contribution in [0.3, 0.4) is 0 Å². The summed E-state index contributed by atoms with van der Waals surface area (Å²) >= 11 is 0. The normalized spacial score (nSPS) is 17.8. The average molecular weight is 562 g/mol. The van der Waals surface area contributed by atoms with Crippen molar-refractivity contribution in [1.29, 1.82) is 0 Å². The van der Waals surface area contributed by atoms with E-state index in [-0.39, 0.29) is 16.5 Å². The molecular weight excluding hydrogens is 530 g/mol. The SMILES string of the molecule is COc1ccc(C2CC(c3ccccc3)=NN2C(=O)COC(=O)c2ccc(S(=O)(=O)N3CCCCC3)cc2)cc1. The first-order valence-corrected chi connectivity index (χ1v) is 14.7. The first-order valence-electron chi connectivity index (χ1n) is 13.2. The molecule has 0 N–H and O–H groups in total. The van der Waals surface area contributed by atoms with Gasteiger partial charge in [0, 0.05) is 19.5 Å². The molecule has 0 saturated carbocycles. The van der Waals surface area contributed by atoms with Crippen LogP contribution in [0.25, 0.3) is 0 Å². The third-order valence-electron chi connectivity index (χ3n) is 7.14. The molecule has 2 aliphatic rings. The molecule has 2 aliphatic heterocycles. The lowest BCUT2D eigenvalue weighted by molar-refractivity contribution is -0.136. The maximum Gasteiger partial charge on any atom is 0.338 e. The minimum Gasteiger partial charge on any atom is -0.497 e. The first kappa shape index (κ1) is 27.5. The van der Waals surface area contributed by atoms with Gasteiger partial charge < -0.3 is 9.47 Å². The van der Waals surface area contributed by atoms with E-state index >= 15 is 0 Å². The van der Waals surface area contributed by atoms with Crippen molar-refractivity contribution in [3.05, 3.63) is 95.6 Å². The van der Waals surface area contributed by atoms with Gasteiger partial charge in [0.15, 0.2) is 6.61 Å². The Morgan fingerprint density at radius 1 is 0.900 bits per heavy atom. The summed E-state index contributed by atoms with van der Waals surface area (Å²) in [6, 6.07) is 22.3. The predicted octanol–water partition coefficient (Wildman–Crippen LogP) is 4.40. The number of nitrogens with zero attached hydrogens (tertiary/aromatic N) is 3. The lowest BCUT2D eigenvalue weighted by Crippen LogP contribution is -2.35. The van der Waals surface area contributed by atoms with E-state index in [1.165, 1.54) is 33.6 Å². The summed E-state index contributed by atoms with van der Waals surface area (Å²) in [6.07, 6.45) is 3.20. The molecule has 40 heavy (non-hydrogen) atoms. The molecule has 208 valence electrons. The number of benzene rings is 3. The summed E-state index contributed by atoms with van der Waals surface area (Å²) in [5.41, 5.74) is 2.70. The largest absolute Gasteiger partial charge is 0.497 e. The first-order chi connectivity index (χ1) is 19.4. The number of amides is 1. The zero-order valence-corrected chi connectivity index (χ0v) is 23.0. The Bertz CT molecular complexity index is 1480. The van der Waals surface area contributed by atoms with E-state index in [1.54, 1.807) is 7.11 Å². The van der Waals surface area contributed by atoms with E-state index in [0.717, 1.165) is 36.1 Å². The fourth-order valence-corrected chi connectivity index (χ4v) is 6.44. The Labute approximate surface area is 234 Å². The Morgan fingerprint density at radius 2 is 1.57 bits per heavy atom. The summed E-state index contributed by atoms with van der Waals surface area (Å²) in [5.74, 6) is -0.486. The monoisotopic (exact) mass is 561 g/mol. The van der Waals surface area contributed by atoms with Gasteiger partial charge in [0.05, 0.1) is 29.3 Å². The Morgan fingerprint density at radius 3 is 2.23 bits per heavy atom. The van der Waals surface area contributed by atoms with Gasteiger partial charge in [0.1, 0.15) is 5.75 Å². The highest BCUT2D eigenvalue weighted by Crippen LogP contribution is 2.33. The number of sulfonamides is 1. The van der Waals surface area contributed by atoms with Crippen molar-refractivity contribution in [2.45, 2.75) is 36.6 Å². The molecule has 2 heterocycles. The van der Waals surface area contributed by atoms with Crippen LogP contribution >= 0.6 is 0 Å². The molecule has 0 spiro atoms. The van der Waals surface area contributed by atoms with Crippen LogP contribution in [-0.4, -0.2) is 62.1 Å². The highest BCUT2D eigenvalue weighted by Gasteiger charge is 2.34. The number of rotatable bonds is 8. The number of hydrazone groups is 1. The molecule has 0 bridgehead atoms. The number of hydrogen-bond acceptors (Lipinski definition) is 7. The van der Waals surface area contributed by atoms with Gasteiger partial charge in [-0.25, -0.2) is 18.2 Å². The van der Waals surface area contributed by atoms with E-state index in [9.17, 15) is 18.0 Å². The molecule has 1 atom stereocenters. The van der Waals surface area contributed by atoms with Crippen LogP contribution in [0.2, 0.25) is 0 Å². The zero-order chi connectivity index (χ0) is 28.1. The van der Waals surface area contributed by atoms with E-state index in [1.807, 2.05) is 54.6 Å². The fraction of sp³-hybridized carbons (Fsp3) is 0.300. The number of methoxy groups -OCH3 is 1. The Balaban J connectivity index is 1.28. The third kappa shape index (κ3) is 5.93. The van der Waals surface area contributed by atoms with Gasteiger partial charge in [0.2, 0.25) is 10.0 Å². The van der Waals surface area contributed by atoms with Crippen molar-refractivity contribution >= 4 is 27.6 Å². The van der Waals surface area contributed by atoms with Crippen LogP contribution in [0.1, 0.15) is 53.2 Å². The number of ether oxygens (including phenoxy) is 2. The topological polar surface area (TPSA) is 106 Å². The quantitative estimate of drug-likeness (QED) is 0.378.